The quantitative estimate of drug-likeness (QED) is 0.179. The number of carbonyl (C=O) groups excluding carboxylic acids is 1. The highest BCUT2D eigenvalue weighted by atomic mass is 16.5. The fourth-order valence-corrected chi connectivity index (χ4v) is 4.64. The fraction of sp³-hybridized carbons (Fsp3) is 0.300. The number of aromatic amines is 1. The van der Waals surface area contributed by atoms with Gasteiger partial charge in [-0.05, 0) is 67.3 Å². The van der Waals surface area contributed by atoms with Gasteiger partial charge < -0.3 is 35.7 Å². The number of benzene rings is 3. The van der Waals surface area contributed by atoms with Crippen molar-refractivity contribution in [3.63, 3.8) is 0 Å². The van der Waals surface area contributed by atoms with Crippen LogP contribution >= 0.6 is 0 Å². The largest absolute Gasteiger partial charge is 0.508 e. The van der Waals surface area contributed by atoms with Crippen LogP contribution in [0.4, 0.5) is 0 Å². The molecule has 8 heteroatoms. The monoisotopic (exact) mass is 517 g/mol. The molecule has 8 nitrogen and oxygen atoms in total. The van der Waals surface area contributed by atoms with E-state index >= 15 is 0 Å². The zero-order valence-electron chi connectivity index (χ0n) is 21.9. The lowest BCUT2D eigenvalue weighted by atomic mass is 10.0. The number of phenols is 1. The molecule has 0 aliphatic rings. The van der Waals surface area contributed by atoms with E-state index in [1.54, 1.807) is 19.2 Å². The molecular weight excluding hydrogens is 482 g/mol. The molecule has 200 valence electrons. The first kappa shape index (κ1) is 27.2. The predicted molar refractivity (Wildman–Crippen MR) is 147 cm³/mol. The standard InChI is InChI=1S/C30H35N3O5/c1-18-5-4-6-22(29(18)38-3)15-32-30(37)26-14-23-12-20(7-9-25(23)33-26)11-19(2)31-16-28(36)21-8-10-27(35)24(13-21)17-34/h4-10,12-14,19,28,31,33-36H,11,15-17H2,1-3H3,(H,32,37)/t19?,28-/m0/s1. The number of nitrogens with one attached hydrogen (secondary N) is 3. The molecule has 1 heterocycles. The number of hydrogen-bond donors (Lipinski definition) is 6. The molecule has 0 fully saturated rings. The minimum Gasteiger partial charge on any atom is -0.508 e. The molecule has 1 unspecified atom stereocenters. The Morgan fingerprint density at radius 1 is 1.08 bits per heavy atom. The molecule has 0 radical (unpaired) electrons. The van der Waals surface area contributed by atoms with Gasteiger partial charge in [-0.2, -0.15) is 0 Å². The van der Waals surface area contributed by atoms with Crippen LogP contribution in [0, 0.1) is 6.92 Å². The van der Waals surface area contributed by atoms with Crippen molar-refractivity contribution in [2.24, 2.45) is 0 Å². The summed E-state index contributed by atoms with van der Waals surface area (Å²) in [5, 5.41) is 36.8. The van der Waals surface area contributed by atoms with E-state index in [0.717, 1.165) is 39.8 Å². The second-order valence-electron chi connectivity index (χ2n) is 9.63. The van der Waals surface area contributed by atoms with Crippen LogP contribution in [-0.2, 0) is 19.6 Å². The van der Waals surface area contributed by atoms with Crippen LogP contribution in [0.1, 0.15) is 51.3 Å². The van der Waals surface area contributed by atoms with Crippen molar-refractivity contribution >= 4 is 16.8 Å². The molecule has 2 atom stereocenters. The van der Waals surface area contributed by atoms with Crippen LogP contribution < -0.4 is 15.4 Å². The lowest BCUT2D eigenvalue weighted by Gasteiger charge is -2.18. The van der Waals surface area contributed by atoms with Crippen molar-refractivity contribution in [3.8, 4) is 11.5 Å². The maximum atomic E-state index is 12.8. The molecule has 0 saturated carbocycles. The summed E-state index contributed by atoms with van der Waals surface area (Å²) >= 11 is 0. The number of methoxy groups -OCH3 is 1. The van der Waals surface area contributed by atoms with Crippen molar-refractivity contribution < 1.29 is 24.9 Å². The number of para-hydroxylation sites is 1. The Kier molecular flexibility index (Phi) is 8.68. The van der Waals surface area contributed by atoms with Gasteiger partial charge in [-0.15, -0.1) is 0 Å². The maximum Gasteiger partial charge on any atom is 0.267 e. The molecule has 0 aliphatic carbocycles. The minimum atomic E-state index is -0.767. The van der Waals surface area contributed by atoms with E-state index in [0.29, 0.717) is 29.9 Å². The summed E-state index contributed by atoms with van der Waals surface area (Å²) in [6.07, 6.45) is -0.0312. The molecule has 38 heavy (non-hydrogen) atoms. The van der Waals surface area contributed by atoms with E-state index in [1.807, 2.05) is 50.2 Å². The summed E-state index contributed by atoms with van der Waals surface area (Å²) in [6, 6.07) is 18.6. The third-order valence-electron chi connectivity index (χ3n) is 6.73. The number of H-pyrrole nitrogens is 1. The van der Waals surface area contributed by atoms with E-state index in [2.05, 4.69) is 21.7 Å². The highest BCUT2D eigenvalue weighted by molar-refractivity contribution is 5.98. The summed E-state index contributed by atoms with van der Waals surface area (Å²) < 4.78 is 5.48. The molecule has 0 saturated heterocycles. The number of fused-ring (bicyclic) bond motifs is 1. The van der Waals surface area contributed by atoms with Gasteiger partial charge in [-0.1, -0.05) is 30.3 Å². The highest BCUT2D eigenvalue weighted by Crippen LogP contribution is 2.24. The topological polar surface area (TPSA) is 127 Å². The zero-order chi connectivity index (χ0) is 27.2. The van der Waals surface area contributed by atoms with E-state index < -0.39 is 6.10 Å². The third kappa shape index (κ3) is 6.34. The Morgan fingerprint density at radius 3 is 2.66 bits per heavy atom. The van der Waals surface area contributed by atoms with Gasteiger partial charge in [-0.25, -0.2) is 0 Å². The number of rotatable bonds is 11. The van der Waals surface area contributed by atoms with Crippen molar-refractivity contribution in [1.82, 2.24) is 15.6 Å². The fourth-order valence-electron chi connectivity index (χ4n) is 4.64. The molecule has 6 N–H and O–H groups in total. The van der Waals surface area contributed by atoms with Gasteiger partial charge >= 0.3 is 0 Å². The number of aliphatic hydroxyl groups is 2. The summed E-state index contributed by atoms with van der Waals surface area (Å²) in [7, 11) is 1.63. The Labute approximate surface area is 222 Å². The van der Waals surface area contributed by atoms with E-state index in [-0.39, 0.29) is 24.3 Å². The summed E-state index contributed by atoms with van der Waals surface area (Å²) in [6.45, 7) is 4.43. The van der Waals surface area contributed by atoms with Gasteiger partial charge in [0.1, 0.15) is 17.2 Å². The highest BCUT2D eigenvalue weighted by Gasteiger charge is 2.14. The van der Waals surface area contributed by atoms with Crippen LogP contribution in [0.25, 0.3) is 10.9 Å². The molecule has 0 bridgehead atoms. The average molecular weight is 518 g/mol. The number of aromatic nitrogens is 1. The predicted octanol–water partition coefficient (Wildman–Crippen LogP) is 3.87. The maximum absolute atomic E-state index is 12.8. The number of aliphatic hydroxyl groups excluding tert-OH is 2. The number of aromatic hydroxyl groups is 1. The molecular formula is C30H35N3O5. The Balaban J connectivity index is 1.34. The van der Waals surface area contributed by atoms with E-state index in [4.69, 9.17) is 4.74 Å². The first-order valence-corrected chi connectivity index (χ1v) is 12.7. The molecule has 0 aliphatic heterocycles. The average Bonchev–Trinajstić information content (AvgIpc) is 3.34. The summed E-state index contributed by atoms with van der Waals surface area (Å²) in [5.41, 5.74) is 5.44. The Morgan fingerprint density at radius 2 is 1.89 bits per heavy atom. The smallest absolute Gasteiger partial charge is 0.267 e. The number of carbonyl (C=O) groups is 1. The molecule has 0 spiro atoms. The second kappa shape index (κ2) is 12.1. The number of aryl methyl sites for hydroxylation is 1. The lowest BCUT2D eigenvalue weighted by Crippen LogP contribution is -2.32. The second-order valence-corrected chi connectivity index (χ2v) is 9.63. The first-order valence-electron chi connectivity index (χ1n) is 12.7. The van der Waals surface area contributed by atoms with E-state index in [1.165, 1.54) is 6.07 Å². The molecule has 1 aromatic heterocycles. The molecule has 1 amide bonds. The van der Waals surface area contributed by atoms with Gasteiger partial charge in [0.25, 0.3) is 5.91 Å². The Bertz CT molecular complexity index is 1410. The SMILES string of the molecule is COc1c(C)cccc1CNC(=O)c1cc2cc(CC(C)NC[C@H](O)c3ccc(O)c(CO)c3)ccc2[nH]1. The summed E-state index contributed by atoms with van der Waals surface area (Å²) in [5.74, 6) is 0.605. The molecule has 4 rings (SSSR count). The van der Waals surface area contributed by atoms with Crippen molar-refractivity contribution in [1.29, 1.82) is 0 Å². The third-order valence-corrected chi connectivity index (χ3v) is 6.73. The lowest BCUT2D eigenvalue weighted by molar-refractivity contribution is 0.0946. The van der Waals surface area contributed by atoms with Gasteiger partial charge in [0.05, 0.1) is 19.8 Å². The normalized spacial score (nSPS) is 12.9. The number of hydrogen-bond acceptors (Lipinski definition) is 6. The Hall–Kier alpha value is -3.85. The zero-order valence-corrected chi connectivity index (χ0v) is 21.9. The van der Waals surface area contributed by atoms with Crippen molar-refractivity contribution in [2.45, 2.75) is 45.6 Å². The van der Waals surface area contributed by atoms with Crippen LogP contribution in [0.3, 0.4) is 0 Å². The van der Waals surface area contributed by atoms with Crippen LogP contribution in [-0.4, -0.2) is 45.9 Å². The minimum absolute atomic E-state index is 0.0112. The number of amides is 1. The van der Waals surface area contributed by atoms with Gasteiger partial charge in [0.15, 0.2) is 0 Å². The van der Waals surface area contributed by atoms with Crippen LogP contribution in [0.15, 0.2) is 60.7 Å². The van der Waals surface area contributed by atoms with Crippen molar-refractivity contribution in [3.05, 3.63) is 94.2 Å². The van der Waals surface area contributed by atoms with Crippen molar-refractivity contribution in [2.75, 3.05) is 13.7 Å². The first-order chi connectivity index (χ1) is 18.3. The van der Waals surface area contributed by atoms with Gasteiger partial charge in [0.2, 0.25) is 0 Å². The van der Waals surface area contributed by atoms with Gasteiger partial charge in [0, 0.05) is 41.2 Å². The molecule has 3 aromatic carbocycles. The molecule has 4 aromatic rings. The van der Waals surface area contributed by atoms with Crippen LogP contribution in [0.2, 0.25) is 0 Å². The van der Waals surface area contributed by atoms with E-state index in [9.17, 15) is 20.1 Å². The summed E-state index contributed by atoms with van der Waals surface area (Å²) in [4.78, 5) is 16.0. The van der Waals surface area contributed by atoms with Gasteiger partial charge in [-0.3, -0.25) is 4.79 Å². The number of ether oxygens (including phenoxy) is 1. The van der Waals surface area contributed by atoms with Crippen LogP contribution in [0.5, 0.6) is 11.5 Å².